The second-order valence-electron chi connectivity index (χ2n) is 5.41. The molecule has 25 heavy (non-hydrogen) atoms. The van der Waals surface area contributed by atoms with Gasteiger partial charge in [0.1, 0.15) is 0 Å². The van der Waals surface area contributed by atoms with Crippen molar-refractivity contribution in [3.05, 3.63) is 47.8 Å². The van der Waals surface area contributed by atoms with Crippen molar-refractivity contribution in [2.75, 3.05) is 18.9 Å². The van der Waals surface area contributed by atoms with Gasteiger partial charge in [-0.1, -0.05) is 18.2 Å². The number of benzene rings is 1. The van der Waals surface area contributed by atoms with Gasteiger partial charge in [-0.2, -0.15) is 0 Å². The minimum atomic E-state index is -3.75. The number of nitrogens with two attached hydrogens (primary N) is 1. The van der Waals surface area contributed by atoms with Gasteiger partial charge >= 0.3 is 0 Å². The Hall–Kier alpha value is -2.16. The molecule has 3 aromatic rings. The van der Waals surface area contributed by atoms with Crippen LogP contribution in [0.1, 0.15) is 11.4 Å². The third-order valence-electron chi connectivity index (χ3n) is 3.71. The van der Waals surface area contributed by atoms with Crippen LogP contribution >= 0.6 is 12.4 Å². The maximum atomic E-state index is 13.1. The lowest BCUT2D eigenvalue weighted by molar-refractivity contribution is 0.597. The topological polar surface area (TPSA) is 102 Å². The van der Waals surface area contributed by atoms with Crippen LogP contribution in [0.15, 0.2) is 46.2 Å². The van der Waals surface area contributed by atoms with E-state index in [1.165, 1.54) is 0 Å². The predicted molar refractivity (Wildman–Crippen MR) is 99.2 cm³/mol. The van der Waals surface area contributed by atoms with Crippen molar-refractivity contribution in [1.29, 1.82) is 0 Å². The van der Waals surface area contributed by atoms with E-state index in [0.717, 1.165) is 11.4 Å². The van der Waals surface area contributed by atoms with Crippen molar-refractivity contribution < 1.29 is 8.42 Å². The molecule has 9 heteroatoms. The largest absolute Gasteiger partial charge is 0.370 e. The van der Waals surface area contributed by atoms with Crippen molar-refractivity contribution >= 4 is 33.7 Å². The number of rotatable bonds is 5. The number of aromatic nitrogens is 3. The zero-order valence-corrected chi connectivity index (χ0v) is 15.6. The Morgan fingerprint density at radius 1 is 1.24 bits per heavy atom. The van der Waals surface area contributed by atoms with Crippen LogP contribution in [0.25, 0.3) is 5.65 Å². The van der Waals surface area contributed by atoms with E-state index in [4.69, 9.17) is 5.73 Å². The highest BCUT2D eigenvalue weighted by Crippen LogP contribution is 2.31. The summed E-state index contributed by atoms with van der Waals surface area (Å²) in [5, 5.41) is 7.26. The smallest absolute Gasteiger partial charge is 0.214 e. The molecule has 0 radical (unpaired) electrons. The fraction of sp³-hybridized carbons (Fsp3) is 0.250. The number of hydrogen-bond donors (Lipinski definition) is 2. The molecule has 0 aliphatic rings. The number of sulfone groups is 1. The molecule has 0 atom stereocenters. The molecule has 0 amide bonds. The molecule has 0 aliphatic carbocycles. The third kappa shape index (κ3) is 3.33. The second kappa shape index (κ2) is 7.38. The number of nitrogens with zero attached hydrogens (tertiary/aromatic N) is 3. The molecular formula is C16H20ClN5O2S. The molecule has 3 N–H and O–H groups in total. The van der Waals surface area contributed by atoms with Crippen LogP contribution in [0.3, 0.4) is 0 Å². The first-order valence-corrected chi connectivity index (χ1v) is 9.04. The van der Waals surface area contributed by atoms with E-state index in [1.54, 1.807) is 41.9 Å². The third-order valence-corrected chi connectivity index (χ3v) is 5.51. The minimum absolute atomic E-state index is 0. The lowest BCUT2D eigenvalue weighted by Crippen LogP contribution is -2.10. The lowest BCUT2D eigenvalue weighted by atomic mass is 10.2. The van der Waals surface area contributed by atoms with Crippen molar-refractivity contribution in [2.45, 2.75) is 23.1 Å². The van der Waals surface area contributed by atoms with Gasteiger partial charge < -0.3 is 11.1 Å². The maximum absolute atomic E-state index is 13.1. The highest BCUT2D eigenvalue weighted by molar-refractivity contribution is 7.91. The maximum Gasteiger partial charge on any atom is 0.214 e. The van der Waals surface area contributed by atoms with Gasteiger partial charge in [0.15, 0.2) is 16.4 Å². The van der Waals surface area contributed by atoms with Gasteiger partial charge in [0.05, 0.1) is 4.90 Å². The van der Waals surface area contributed by atoms with Gasteiger partial charge in [-0.3, -0.25) is 0 Å². The average Bonchev–Trinajstić information content (AvgIpc) is 2.95. The highest BCUT2D eigenvalue weighted by atomic mass is 35.5. The summed E-state index contributed by atoms with van der Waals surface area (Å²) >= 11 is 0. The van der Waals surface area contributed by atoms with Crippen LogP contribution in [0.2, 0.25) is 0 Å². The van der Waals surface area contributed by atoms with E-state index in [-0.39, 0.29) is 28.0 Å². The SMILES string of the molecule is CNc1nn2c(CCN)cc(C)nc2c1S(=O)(=O)c1ccccc1.Cl. The summed E-state index contributed by atoms with van der Waals surface area (Å²) in [6.07, 6.45) is 0.579. The number of hydrogen-bond acceptors (Lipinski definition) is 6. The molecule has 0 bridgehead atoms. The Kier molecular flexibility index (Phi) is 5.66. The van der Waals surface area contributed by atoms with Gasteiger partial charge in [0.2, 0.25) is 9.84 Å². The molecule has 2 aromatic heterocycles. The molecule has 3 rings (SSSR count). The van der Waals surface area contributed by atoms with Crippen molar-refractivity contribution in [3.8, 4) is 0 Å². The van der Waals surface area contributed by atoms with E-state index >= 15 is 0 Å². The summed E-state index contributed by atoms with van der Waals surface area (Å²) in [6.45, 7) is 2.26. The van der Waals surface area contributed by atoms with Crippen LogP contribution in [-0.4, -0.2) is 36.6 Å². The Bertz CT molecular complexity index is 987. The molecule has 0 spiro atoms. The first kappa shape index (κ1) is 19.2. The Morgan fingerprint density at radius 2 is 1.92 bits per heavy atom. The predicted octanol–water partition coefficient (Wildman–Crippen LogP) is 1.84. The van der Waals surface area contributed by atoms with E-state index in [0.29, 0.717) is 18.6 Å². The Balaban J connectivity index is 0.00000225. The fourth-order valence-corrected chi connectivity index (χ4v) is 4.17. The van der Waals surface area contributed by atoms with Crippen LogP contribution in [0.4, 0.5) is 5.82 Å². The quantitative estimate of drug-likeness (QED) is 0.699. The summed E-state index contributed by atoms with van der Waals surface area (Å²) in [5.41, 5.74) is 7.52. The summed E-state index contributed by atoms with van der Waals surface area (Å²) in [5.74, 6) is 0.273. The molecule has 7 nitrogen and oxygen atoms in total. The Morgan fingerprint density at radius 3 is 2.52 bits per heavy atom. The molecule has 1 aromatic carbocycles. The molecule has 0 saturated heterocycles. The van der Waals surface area contributed by atoms with Crippen LogP contribution in [0, 0.1) is 6.92 Å². The zero-order chi connectivity index (χ0) is 17.3. The monoisotopic (exact) mass is 381 g/mol. The number of aryl methyl sites for hydroxylation is 1. The summed E-state index contributed by atoms with van der Waals surface area (Å²) in [4.78, 5) is 4.71. The summed E-state index contributed by atoms with van der Waals surface area (Å²) < 4.78 is 27.8. The fourth-order valence-electron chi connectivity index (χ4n) is 2.65. The van der Waals surface area contributed by atoms with E-state index < -0.39 is 9.84 Å². The second-order valence-corrected chi connectivity index (χ2v) is 7.29. The van der Waals surface area contributed by atoms with Crippen molar-refractivity contribution in [2.24, 2.45) is 5.73 Å². The lowest BCUT2D eigenvalue weighted by Gasteiger charge is -2.06. The summed E-state index contributed by atoms with van der Waals surface area (Å²) in [7, 11) is -2.11. The molecular weight excluding hydrogens is 362 g/mol. The van der Waals surface area contributed by atoms with Gasteiger partial charge in [0, 0.05) is 24.9 Å². The first-order chi connectivity index (χ1) is 11.5. The molecule has 134 valence electrons. The first-order valence-electron chi connectivity index (χ1n) is 7.56. The number of fused-ring (bicyclic) bond motifs is 1. The van der Waals surface area contributed by atoms with E-state index in [2.05, 4.69) is 15.4 Å². The number of halogens is 1. The van der Waals surface area contributed by atoms with Crippen molar-refractivity contribution in [1.82, 2.24) is 14.6 Å². The van der Waals surface area contributed by atoms with E-state index in [9.17, 15) is 8.42 Å². The zero-order valence-electron chi connectivity index (χ0n) is 13.9. The van der Waals surface area contributed by atoms with Gasteiger partial charge in [-0.15, -0.1) is 17.5 Å². The normalized spacial score (nSPS) is 11.3. The van der Waals surface area contributed by atoms with Crippen molar-refractivity contribution in [3.63, 3.8) is 0 Å². The van der Waals surface area contributed by atoms with Crippen LogP contribution in [0.5, 0.6) is 0 Å². The van der Waals surface area contributed by atoms with Crippen LogP contribution in [-0.2, 0) is 16.3 Å². The van der Waals surface area contributed by atoms with Gasteiger partial charge in [0.25, 0.3) is 0 Å². The highest BCUT2D eigenvalue weighted by Gasteiger charge is 2.29. The average molecular weight is 382 g/mol. The molecule has 0 aliphatic heterocycles. The molecule has 0 fully saturated rings. The molecule has 0 saturated carbocycles. The summed E-state index contributed by atoms with van der Waals surface area (Å²) in [6, 6.07) is 10.1. The Labute approximate surface area is 152 Å². The number of anilines is 1. The van der Waals surface area contributed by atoms with Gasteiger partial charge in [-0.05, 0) is 31.7 Å². The number of nitrogens with one attached hydrogen (secondary N) is 1. The van der Waals surface area contributed by atoms with Crippen LogP contribution < -0.4 is 11.1 Å². The minimum Gasteiger partial charge on any atom is -0.370 e. The van der Waals surface area contributed by atoms with E-state index in [1.807, 2.05) is 13.0 Å². The molecule has 2 heterocycles. The standard InChI is InChI=1S/C16H19N5O2S.ClH/c1-11-10-12(8-9-17)21-16(19-11)14(15(18-2)20-21)24(22,23)13-6-4-3-5-7-13;/h3-7,10H,8-9,17H2,1-2H3,(H,18,20);1H. The van der Waals surface area contributed by atoms with Gasteiger partial charge in [-0.25, -0.2) is 17.9 Å². The molecule has 0 unspecified atom stereocenters.